The van der Waals surface area contributed by atoms with E-state index in [9.17, 15) is 0 Å². The van der Waals surface area contributed by atoms with E-state index in [1.807, 2.05) is 24.3 Å². The molecule has 1 fully saturated rings. The minimum atomic E-state index is 0.680. The second-order valence-corrected chi connectivity index (χ2v) is 5.11. The Bertz CT molecular complexity index is 359. The Morgan fingerprint density at radius 1 is 1.11 bits per heavy atom. The van der Waals surface area contributed by atoms with Gasteiger partial charge in [0.2, 0.25) is 0 Å². The number of methoxy groups -OCH3 is 1. The monoisotopic (exact) mass is 249 g/mol. The molecule has 0 saturated heterocycles. The third-order valence-electron chi connectivity index (χ3n) is 3.83. The van der Waals surface area contributed by atoms with Gasteiger partial charge in [-0.05, 0) is 56.2 Å². The molecule has 0 aliphatic heterocycles. The van der Waals surface area contributed by atoms with E-state index in [1.165, 1.54) is 25.7 Å². The van der Waals surface area contributed by atoms with Crippen LogP contribution in [0, 0.1) is 11.8 Å². The molecule has 100 valence electrons. The molecule has 1 aromatic carbocycles. The molecule has 1 aliphatic carbocycles. The van der Waals surface area contributed by atoms with E-state index in [0.29, 0.717) is 5.92 Å². The molecule has 0 radical (unpaired) electrons. The first-order valence-corrected chi connectivity index (χ1v) is 6.78. The lowest BCUT2D eigenvalue weighted by Gasteiger charge is -2.27. The second-order valence-electron chi connectivity index (χ2n) is 5.11. The fourth-order valence-corrected chi connectivity index (χ4v) is 2.54. The molecule has 1 aliphatic rings. The van der Waals surface area contributed by atoms with Gasteiger partial charge >= 0.3 is 0 Å². The molecule has 18 heavy (non-hydrogen) atoms. The zero-order chi connectivity index (χ0) is 12.8. The van der Waals surface area contributed by atoms with Crippen molar-refractivity contribution in [2.75, 3.05) is 20.3 Å². The van der Waals surface area contributed by atoms with E-state index in [0.717, 1.165) is 30.6 Å². The lowest BCUT2D eigenvalue weighted by Crippen LogP contribution is -2.24. The predicted molar refractivity (Wildman–Crippen MR) is 73.0 cm³/mol. The largest absolute Gasteiger partial charge is 0.497 e. The van der Waals surface area contributed by atoms with Crippen LogP contribution in [0.4, 0.5) is 0 Å². The molecule has 0 aromatic heterocycles. The highest BCUT2D eigenvalue weighted by Gasteiger charge is 2.20. The van der Waals surface area contributed by atoms with Crippen LogP contribution in [-0.2, 0) is 0 Å². The summed E-state index contributed by atoms with van der Waals surface area (Å²) in [5, 5.41) is 0. The maximum Gasteiger partial charge on any atom is 0.122 e. The molecule has 0 heterocycles. The third-order valence-corrected chi connectivity index (χ3v) is 3.83. The first kappa shape index (κ1) is 13.2. The number of hydrogen-bond donors (Lipinski definition) is 1. The standard InChI is InChI=1S/C15H23NO2/c1-17-14-3-2-4-15(9-14)18-11-13-7-5-12(10-16)6-8-13/h2-4,9,12-13H,5-8,10-11,16H2,1H3/t12-,13+. The molecule has 0 bridgehead atoms. The maximum absolute atomic E-state index is 5.85. The Balaban J connectivity index is 1.77. The summed E-state index contributed by atoms with van der Waals surface area (Å²) in [6, 6.07) is 7.80. The topological polar surface area (TPSA) is 44.5 Å². The molecule has 1 saturated carbocycles. The smallest absolute Gasteiger partial charge is 0.122 e. The van der Waals surface area contributed by atoms with Crippen molar-refractivity contribution in [2.24, 2.45) is 17.6 Å². The Morgan fingerprint density at radius 3 is 2.44 bits per heavy atom. The van der Waals surface area contributed by atoms with Gasteiger partial charge in [0.1, 0.15) is 11.5 Å². The van der Waals surface area contributed by atoms with Gasteiger partial charge in [-0.15, -0.1) is 0 Å². The predicted octanol–water partition coefficient (Wildman–Crippen LogP) is 2.84. The van der Waals surface area contributed by atoms with Crippen molar-refractivity contribution in [3.8, 4) is 11.5 Å². The average Bonchev–Trinajstić information content (AvgIpc) is 2.46. The summed E-state index contributed by atoms with van der Waals surface area (Å²) in [5.41, 5.74) is 5.70. The molecular weight excluding hydrogens is 226 g/mol. The van der Waals surface area contributed by atoms with E-state index < -0.39 is 0 Å². The fourth-order valence-electron chi connectivity index (χ4n) is 2.54. The van der Waals surface area contributed by atoms with Crippen LogP contribution in [0.1, 0.15) is 25.7 Å². The van der Waals surface area contributed by atoms with Gasteiger partial charge in [-0.1, -0.05) is 6.07 Å². The lowest BCUT2D eigenvalue weighted by molar-refractivity contribution is 0.184. The summed E-state index contributed by atoms with van der Waals surface area (Å²) < 4.78 is 11.0. The van der Waals surface area contributed by atoms with E-state index in [-0.39, 0.29) is 0 Å². The Kier molecular flexibility index (Phi) is 4.88. The zero-order valence-electron chi connectivity index (χ0n) is 11.1. The molecule has 3 heteroatoms. The van der Waals surface area contributed by atoms with Gasteiger partial charge in [-0.2, -0.15) is 0 Å². The lowest BCUT2D eigenvalue weighted by atomic mass is 9.82. The van der Waals surface area contributed by atoms with Crippen LogP contribution in [0.3, 0.4) is 0 Å². The fraction of sp³-hybridized carbons (Fsp3) is 0.600. The molecule has 0 spiro atoms. The average molecular weight is 249 g/mol. The van der Waals surface area contributed by atoms with Crippen LogP contribution in [-0.4, -0.2) is 20.3 Å². The van der Waals surface area contributed by atoms with Crippen molar-refractivity contribution in [2.45, 2.75) is 25.7 Å². The number of ether oxygens (including phenoxy) is 2. The van der Waals surface area contributed by atoms with Crippen LogP contribution < -0.4 is 15.2 Å². The van der Waals surface area contributed by atoms with Gasteiger partial charge in [0.25, 0.3) is 0 Å². The highest BCUT2D eigenvalue weighted by atomic mass is 16.5. The number of hydrogen-bond acceptors (Lipinski definition) is 3. The Morgan fingerprint density at radius 2 is 1.78 bits per heavy atom. The summed E-state index contributed by atoms with van der Waals surface area (Å²) in [5.74, 6) is 3.16. The summed E-state index contributed by atoms with van der Waals surface area (Å²) in [7, 11) is 1.67. The molecular formula is C15H23NO2. The van der Waals surface area contributed by atoms with Crippen LogP contribution in [0.5, 0.6) is 11.5 Å². The van der Waals surface area contributed by atoms with E-state index >= 15 is 0 Å². The first-order chi connectivity index (χ1) is 8.81. The molecule has 2 N–H and O–H groups in total. The van der Waals surface area contributed by atoms with Crippen molar-refractivity contribution >= 4 is 0 Å². The van der Waals surface area contributed by atoms with Gasteiger partial charge < -0.3 is 15.2 Å². The van der Waals surface area contributed by atoms with Gasteiger partial charge in [-0.25, -0.2) is 0 Å². The molecule has 1 aromatic rings. The summed E-state index contributed by atoms with van der Waals surface area (Å²) in [6.45, 7) is 1.65. The van der Waals surface area contributed by atoms with Crippen LogP contribution >= 0.6 is 0 Å². The highest BCUT2D eigenvalue weighted by molar-refractivity contribution is 5.32. The van der Waals surface area contributed by atoms with E-state index in [2.05, 4.69) is 0 Å². The van der Waals surface area contributed by atoms with Crippen molar-refractivity contribution in [3.05, 3.63) is 24.3 Å². The maximum atomic E-state index is 5.85. The molecule has 2 rings (SSSR count). The zero-order valence-corrected chi connectivity index (χ0v) is 11.1. The SMILES string of the molecule is COc1cccc(OC[C@H]2CC[C@@H](CN)CC2)c1. The third kappa shape index (κ3) is 3.64. The van der Waals surface area contributed by atoms with Crippen LogP contribution in [0.15, 0.2) is 24.3 Å². The van der Waals surface area contributed by atoms with Crippen LogP contribution in [0.2, 0.25) is 0 Å². The van der Waals surface area contributed by atoms with Gasteiger partial charge in [0.15, 0.2) is 0 Å². The first-order valence-electron chi connectivity index (χ1n) is 6.78. The van der Waals surface area contributed by atoms with Gasteiger partial charge in [-0.3, -0.25) is 0 Å². The minimum absolute atomic E-state index is 0.680. The van der Waals surface area contributed by atoms with Crippen molar-refractivity contribution in [3.63, 3.8) is 0 Å². The van der Waals surface area contributed by atoms with Crippen LogP contribution in [0.25, 0.3) is 0 Å². The summed E-state index contributed by atoms with van der Waals surface area (Å²) in [4.78, 5) is 0. The van der Waals surface area contributed by atoms with Gasteiger partial charge in [0, 0.05) is 6.07 Å². The molecule has 0 amide bonds. The van der Waals surface area contributed by atoms with Gasteiger partial charge in [0.05, 0.1) is 13.7 Å². The van der Waals surface area contributed by atoms with Crippen molar-refractivity contribution in [1.29, 1.82) is 0 Å². The Labute approximate surface area is 109 Å². The Hall–Kier alpha value is -1.22. The summed E-state index contributed by atoms with van der Waals surface area (Å²) in [6.07, 6.45) is 4.99. The van der Waals surface area contributed by atoms with Crippen molar-refractivity contribution < 1.29 is 9.47 Å². The quantitative estimate of drug-likeness (QED) is 0.872. The molecule has 0 unspecified atom stereocenters. The highest BCUT2D eigenvalue weighted by Crippen LogP contribution is 2.29. The second kappa shape index (κ2) is 6.64. The normalized spacial score (nSPS) is 23.7. The molecule has 0 atom stereocenters. The van der Waals surface area contributed by atoms with E-state index in [4.69, 9.17) is 15.2 Å². The van der Waals surface area contributed by atoms with E-state index in [1.54, 1.807) is 7.11 Å². The molecule has 3 nitrogen and oxygen atoms in total. The number of benzene rings is 1. The van der Waals surface area contributed by atoms with Crippen molar-refractivity contribution in [1.82, 2.24) is 0 Å². The number of nitrogens with two attached hydrogens (primary N) is 1. The minimum Gasteiger partial charge on any atom is -0.497 e. The summed E-state index contributed by atoms with van der Waals surface area (Å²) >= 11 is 0. The number of rotatable bonds is 5.